The van der Waals surface area contributed by atoms with Crippen molar-refractivity contribution in [2.75, 3.05) is 0 Å². The summed E-state index contributed by atoms with van der Waals surface area (Å²) in [5.41, 5.74) is 7.92. The van der Waals surface area contributed by atoms with Crippen LogP contribution in [0.25, 0.3) is 54.9 Å². The summed E-state index contributed by atoms with van der Waals surface area (Å²) in [4.78, 5) is 13.7. The molecule has 0 aliphatic heterocycles. The molecule has 0 amide bonds. The van der Waals surface area contributed by atoms with E-state index in [1.807, 2.05) is 12.1 Å². The first-order valence-electron chi connectivity index (χ1n) is 11.8. The molecule has 0 heterocycles. The number of benzene rings is 6. The van der Waals surface area contributed by atoms with Crippen LogP contribution in [0.1, 0.15) is 15.9 Å². The SMILES string of the molecule is O=C1c2cc(-c3ccc(Br)c4ccccc34)ccc2-c2ccc(-c3ccc(Br)c4ccccc34)cc21. The molecule has 6 aromatic carbocycles. The summed E-state index contributed by atoms with van der Waals surface area (Å²) in [6.07, 6.45) is 0. The number of carbonyl (C=O) groups excluding carboxylic acids is 1. The molecule has 0 saturated carbocycles. The maximum atomic E-state index is 13.7. The second-order valence-electron chi connectivity index (χ2n) is 9.13. The van der Waals surface area contributed by atoms with E-state index in [1.165, 1.54) is 10.8 Å². The number of hydrogen-bond acceptors (Lipinski definition) is 1. The van der Waals surface area contributed by atoms with E-state index in [-0.39, 0.29) is 5.78 Å². The van der Waals surface area contributed by atoms with E-state index in [0.717, 1.165) is 64.2 Å². The van der Waals surface area contributed by atoms with Gasteiger partial charge in [0.05, 0.1) is 0 Å². The van der Waals surface area contributed by atoms with Crippen molar-refractivity contribution in [2.24, 2.45) is 0 Å². The quantitative estimate of drug-likeness (QED) is 0.196. The van der Waals surface area contributed by atoms with Gasteiger partial charge in [-0.3, -0.25) is 4.79 Å². The minimum absolute atomic E-state index is 0.0894. The first-order valence-corrected chi connectivity index (χ1v) is 13.4. The Labute approximate surface area is 225 Å². The largest absolute Gasteiger partial charge is 0.289 e. The van der Waals surface area contributed by atoms with Gasteiger partial charge in [-0.2, -0.15) is 0 Å². The van der Waals surface area contributed by atoms with Crippen LogP contribution in [0.15, 0.2) is 118 Å². The maximum absolute atomic E-state index is 13.7. The molecule has 170 valence electrons. The van der Waals surface area contributed by atoms with Gasteiger partial charge in [0.1, 0.15) is 0 Å². The van der Waals surface area contributed by atoms with Crippen molar-refractivity contribution in [3.8, 4) is 33.4 Å². The van der Waals surface area contributed by atoms with Gasteiger partial charge in [0.15, 0.2) is 5.78 Å². The molecule has 0 fully saturated rings. The van der Waals surface area contributed by atoms with Crippen molar-refractivity contribution in [3.05, 3.63) is 129 Å². The molecule has 6 aromatic rings. The Bertz CT molecular complexity index is 1750. The minimum atomic E-state index is 0.0894. The van der Waals surface area contributed by atoms with E-state index >= 15 is 0 Å². The molecule has 0 aromatic heterocycles. The van der Waals surface area contributed by atoms with Gasteiger partial charge in [-0.25, -0.2) is 0 Å². The van der Waals surface area contributed by atoms with E-state index in [0.29, 0.717) is 0 Å². The van der Waals surface area contributed by atoms with Crippen molar-refractivity contribution >= 4 is 59.2 Å². The average molecular weight is 590 g/mol. The van der Waals surface area contributed by atoms with E-state index in [2.05, 4.69) is 129 Å². The van der Waals surface area contributed by atoms with Crippen LogP contribution < -0.4 is 0 Å². The lowest BCUT2D eigenvalue weighted by molar-refractivity contribution is 0.104. The monoisotopic (exact) mass is 588 g/mol. The van der Waals surface area contributed by atoms with Crippen molar-refractivity contribution < 1.29 is 4.79 Å². The molecule has 0 unspecified atom stereocenters. The number of hydrogen-bond donors (Lipinski definition) is 0. The average Bonchev–Trinajstić information content (AvgIpc) is 3.20. The Morgan fingerprint density at radius 2 is 0.778 bits per heavy atom. The van der Waals surface area contributed by atoms with E-state index in [1.54, 1.807) is 0 Å². The first kappa shape index (κ1) is 21.7. The van der Waals surface area contributed by atoms with Crippen LogP contribution in [0.2, 0.25) is 0 Å². The molecule has 1 aliphatic rings. The van der Waals surface area contributed by atoms with Crippen molar-refractivity contribution in [1.29, 1.82) is 0 Å². The topological polar surface area (TPSA) is 17.1 Å². The summed E-state index contributed by atoms with van der Waals surface area (Å²) >= 11 is 7.34. The highest BCUT2D eigenvalue weighted by Crippen LogP contribution is 2.43. The van der Waals surface area contributed by atoms with Crippen LogP contribution in [0.5, 0.6) is 0 Å². The second kappa shape index (κ2) is 8.26. The van der Waals surface area contributed by atoms with Crippen LogP contribution in [-0.4, -0.2) is 5.78 Å². The Morgan fingerprint density at radius 1 is 0.389 bits per heavy atom. The van der Waals surface area contributed by atoms with Crippen LogP contribution in [0.3, 0.4) is 0 Å². The van der Waals surface area contributed by atoms with Gasteiger partial charge in [0.25, 0.3) is 0 Å². The lowest BCUT2D eigenvalue weighted by Crippen LogP contribution is -1.96. The highest BCUT2D eigenvalue weighted by atomic mass is 79.9. The summed E-state index contributed by atoms with van der Waals surface area (Å²) in [7, 11) is 0. The summed E-state index contributed by atoms with van der Waals surface area (Å²) < 4.78 is 2.14. The lowest BCUT2D eigenvalue weighted by atomic mass is 9.94. The molecule has 0 saturated heterocycles. The zero-order chi connectivity index (χ0) is 24.4. The Morgan fingerprint density at radius 3 is 1.22 bits per heavy atom. The number of fused-ring (bicyclic) bond motifs is 5. The number of halogens is 2. The normalized spacial score (nSPS) is 12.2. The van der Waals surface area contributed by atoms with Gasteiger partial charge in [0, 0.05) is 20.1 Å². The third-order valence-corrected chi connectivity index (χ3v) is 8.57. The molecule has 1 nitrogen and oxygen atoms in total. The minimum Gasteiger partial charge on any atom is -0.289 e. The molecule has 1 aliphatic carbocycles. The molecule has 0 N–H and O–H groups in total. The molecule has 0 spiro atoms. The van der Waals surface area contributed by atoms with E-state index in [4.69, 9.17) is 0 Å². The highest BCUT2D eigenvalue weighted by molar-refractivity contribution is 9.11. The lowest BCUT2D eigenvalue weighted by Gasteiger charge is -2.10. The molecule has 0 bridgehead atoms. The van der Waals surface area contributed by atoms with Gasteiger partial charge >= 0.3 is 0 Å². The summed E-state index contributed by atoms with van der Waals surface area (Å²) in [5.74, 6) is 0.0894. The van der Waals surface area contributed by atoms with Crippen molar-refractivity contribution in [2.45, 2.75) is 0 Å². The summed E-state index contributed by atoms with van der Waals surface area (Å²) in [6, 6.07) is 37.7. The third kappa shape index (κ3) is 3.23. The molecular weight excluding hydrogens is 572 g/mol. The zero-order valence-electron chi connectivity index (χ0n) is 19.1. The van der Waals surface area contributed by atoms with Crippen molar-refractivity contribution in [3.63, 3.8) is 0 Å². The Balaban J connectivity index is 1.35. The summed E-state index contributed by atoms with van der Waals surface area (Å²) in [5, 5.41) is 4.66. The van der Waals surface area contributed by atoms with E-state index in [9.17, 15) is 4.79 Å². The maximum Gasteiger partial charge on any atom is 0.194 e. The smallest absolute Gasteiger partial charge is 0.194 e. The van der Waals surface area contributed by atoms with Crippen molar-refractivity contribution in [1.82, 2.24) is 0 Å². The zero-order valence-corrected chi connectivity index (χ0v) is 22.2. The van der Waals surface area contributed by atoms with Gasteiger partial charge in [-0.15, -0.1) is 0 Å². The fraction of sp³-hybridized carbons (Fsp3) is 0. The molecular formula is C33H18Br2O. The number of carbonyl (C=O) groups is 1. The van der Waals surface area contributed by atoms with Gasteiger partial charge in [-0.05, 0) is 79.2 Å². The third-order valence-electron chi connectivity index (χ3n) is 7.18. The van der Waals surface area contributed by atoms with Gasteiger partial charge in [-0.1, -0.05) is 117 Å². The van der Waals surface area contributed by atoms with Crippen LogP contribution >= 0.6 is 31.9 Å². The molecule has 36 heavy (non-hydrogen) atoms. The number of rotatable bonds is 2. The fourth-order valence-corrected chi connectivity index (χ4v) is 6.40. The molecule has 0 atom stereocenters. The molecule has 7 rings (SSSR count). The van der Waals surface area contributed by atoms with E-state index < -0.39 is 0 Å². The predicted molar refractivity (Wildman–Crippen MR) is 157 cm³/mol. The Kier molecular flexibility index (Phi) is 4.99. The van der Waals surface area contributed by atoms with Gasteiger partial charge < -0.3 is 0 Å². The second-order valence-corrected chi connectivity index (χ2v) is 10.8. The summed E-state index contributed by atoms with van der Waals surface area (Å²) in [6.45, 7) is 0. The fourth-order valence-electron chi connectivity index (χ4n) is 5.44. The molecule has 0 radical (unpaired) electrons. The van der Waals surface area contributed by atoms with Gasteiger partial charge in [0.2, 0.25) is 0 Å². The predicted octanol–water partition coefficient (Wildman–Crippen LogP) is 10.1. The molecule has 3 heteroatoms. The van der Waals surface area contributed by atoms with Crippen LogP contribution in [-0.2, 0) is 0 Å². The Hall–Kier alpha value is -3.53. The first-order chi connectivity index (χ1) is 17.6. The highest BCUT2D eigenvalue weighted by Gasteiger charge is 2.28. The number of ketones is 1. The van der Waals surface area contributed by atoms with Crippen LogP contribution in [0, 0.1) is 0 Å². The van der Waals surface area contributed by atoms with Crippen LogP contribution in [0.4, 0.5) is 0 Å². The standard InChI is InChI=1S/C33H18Br2O/c34-31-15-13-21(23-5-1-3-7-27(23)31)19-9-11-25-26-12-10-20(18-30(26)33(36)29(25)17-19)22-14-16-32(35)28-8-4-2-6-24(22)28/h1-18H.